The maximum Gasteiger partial charge on any atom is 0.248 e. The second kappa shape index (κ2) is 9.89. The largest absolute Gasteiger partial charge is 0.322 e. The van der Waals surface area contributed by atoms with Crippen molar-refractivity contribution < 1.29 is 17.6 Å². The van der Waals surface area contributed by atoms with Crippen LogP contribution in [0.5, 0.6) is 0 Å². The molecule has 1 aromatic heterocycles. The topological polar surface area (TPSA) is 75.3 Å². The maximum atomic E-state index is 13.1. The van der Waals surface area contributed by atoms with Crippen LogP contribution in [0.3, 0.4) is 0 Å². The third-order valence-electron chi connectivity index (χ3n) is 4.48. The van der Waals surface area contributed by atoms with Crippen molar-refractivity contribution >= 4 is 44.7 Å². The number of sulfonamides is 1. The zero-order valence-corrected chi connectivity index (χ0v) is 18.8. The second-order valence-electron chi connectivity index (χ2n) is 6.93. The maximum absolute atomic E-state index is 13.1. The molecular formula is C23H23FN2O3S2. The van der Waals surface area contributed by atoms with Gasteiger partial charge in [0.15, 0.2) is 0 Å². The van der Waals surface area contributed by atoms with Gasteiger partial charge in [0.05, 0.1) is 11.4 Å². The Morgan fingerprint density at radius 1 is 1.06 bits per heavy atom. The summed E-state index contributed by atoms with van der Waals surface area (Å²) in [6.07, 6.45) is 3.64. The summed E-state index contributed by atoms with van der Waals surface area (Å²) in [4.78, 5) is 14.2. The van der Waals surface area contributed by atoms with Crippen LogP contribution in [0.15, 0.2) is 60.7 Å². The highest BCUT2D eigenvalue weighted by Gasteiger charge is 2.13. The predicted octanol–water partition coefficient (Wildman–Crippen LogP) is 5.67. The monoisotopic (exact) mass is 458 g/mol. The molecule has 2 N–H and O–H groups in total. The molecule has 0 aliphatic rings. The van der Waals surface area contributed by atoms with Crippen LogP contribution in [0, 0.1) is 12.7 Å². The fraction of sp³-hybridized carbons (Fsp3) is 0.174. The van der Waals surface area contributed by atoms with E-state index in [4.69, 9.17) is 0 Å². The van der Waals surface area contributed by atoms with Gasteiger partial charge in [-0.25, -0.2) is 12.8 Å². The van der Waals surface area contributed by atoms with E-state index in [1.807, 2.05) is 12.1 Å². The van der Waals surface area contributed by atoms with Crippen LogP contribution in [0.4, 0.5) is 15.8 Å². The van der Waals surface area contributed by atoms with Crippen LogP contribution >= 0.6 is 11.3 Å². The Kier molecular flexibility index (Phi) is 7.25. The average Bonchev–Trinajstić information content (AvgIpc) is 3.19. The molecule has 0 saturated carbocycles. The van der Waals surface area contributed by atoms with E-state index in [1.165, 1.54) is 29.5 Å². The number of anilines is 2. The number of carbonyl (C=O) groups is 1. The molecule has 1 heterocycles. The van der Waals surface area contributed by atoms with Crippen LogP contribution in [-0.2, 0) is 14.8 Å². The summed E-state index contributed by atoms with van der Waals surface area (Å²) in [5.41, 5.74) is 2.52. The molecule has 1 amide bonds. The van der Waals surface area contributed by atoms with Gasteiger partial charge in [-0.1, -0.05) is 25.1 Å². The Hall–Kier alpha value is -2.97. The van der Waals surface area contributed by atoms with E-state index in [0.29, 0.717) is 23.4 Å². The number of rotatable bonds is 8. The number of carbonyl (C=O) groups excluding carboxylic acids is 1. The SMILES string of the molecule is CCCS(=O)(=O)Nc1cccc(NC(=O)/C=C/c2ccc(-c3ccc(F)cc3)s2)c1C. The molecule has 0 unspecified atom stereocenters. The Labute approximate surface area is 185 Å². The highest BCUT2D eigenvalue weighted by Crippen LogP contribution is 2.29. The molecule has 8 heteroatoms. The lowest BCUT2D eigenvalue weighted by Gasteiger charge is -2.13. The number of benzene rings is 2. The first-order valence-electron chi connectivity index (χ1n) is 9.72. The molecule has 0 spiro atoms. The molecule has 0 atom stereocenters. The fourth-order valence-corrected chi connectivity index (χ4v) is 5.02. The molecule has 0 saturated heterocycles. The Morgan fingerprint density at radius 3 is 2.48 bits per heavy atom. The highest BCUT2D eigenvalue weighted by molar-refractivity contribution is 7.92. The first-order valence-corrected chi connectivity index (χ1v) is 12.2. The van der Waals surface area contributed by atoms with Crippen molar-refractivity contribution in [1.82, 2.24) is 0 Å². The first-order chi connectivity index (χ1) is 14.8. The fourth-order valence-electron chi connectivity index (χ4n) is 2.91. The summed E-state index contributed by atoms with van der Waals surface area (Å²) >= 11 is 1.49. The standard InChI is InChI=1S/C23H23FN2O3S2/c1-3-15-31(28,29)26-21-6-4-5-20(16(21)2)25-23(27)14-12-19-11-13-22(30-19)17-7-9-18(24)10-8-17/h4-14,26H,3,15H2,1-2H3,(H,25,27)/b14-12+. The molecular weight excluding hydrogens is 435 g/mol. The van der Waals surface area contributed by atoms with Crippen LogP contribution in [0.2, 0.25) is 0 Å². The van der Waals surface area contributed by atoms with Crippen LogP contribution in [0.1, 0.15) is 23.8 Å². The minimum Gasteiger partial charge on any atom is -0.322 e. The summed E-state index contributed by atoms with van der Waals surface area (Å²) in [5, 5.41) is 2.79. The quantitative estimate of drug-likeness (QED) is 0.427. The molecule has 0 aliphatic heterocycles. The lowest BCUT2D eigenvalue weighted by molar-refractivity contribution is -0.111. The van der Waals surface area contributed by atoms with Gasteiger partial charge in [0.1, 0.15) is 5.82 Å². The van der Waals surface area contributed by atoms with Gasteiger partial charge in [0, 0.05) is 21.5 Å². The molecule has 3 aromatic rings. The second-order valence-corrected chi connectivity index (χ2v) is 9.89. The Bertz CT molecular complexity index is 1200. The van der Waals surface area contributed by atoms with Gasteiger partial charge in [-0.3, -0.25) is 9.52 Å². The minimum absolute atomic E-state index is 0.0342. The Morgan fingerprint density at radius 2 is 1.77 bits per heavy atom. The van der Waals surface area contributed by atoms with Crippen molar-refractivity contribution in [3.8, 4) is 10.4 Å². The molecule has 0 fully saturated rings. The molecule has 31 heavy (non-hydrogen) atoms. The van der Waals surface area contributed by atoms with E-state index in [2.05, 4.69) is 10.0 Å². The summed E-state index contributed by atoms with van der Waals surface area (Å²) < 4.78 is 39.7. The van der Waals surface area contributed by atoms with E-state index < -0.39 is 10.0 Å². The third-order valence-corrected chi connectivity index (χ3v) is 7.06. The van der Waals surface area contributed by atoms with Crippen LogP contribution in [-0.4, -0.2) is 20.1 Å². The molecule has 162 valence electrons. The highest BCUT2D eigenvalue weighted by atomic mass is 32.2. The van der Waals surface area contributed by atoms with E-state index in [-0.39, 0.29) is 17.5 Å². The molecule has 3 rings (SSSR count). The number of hydrogen-bond donors (Lipinski definition) is 2. The normalized spacial score (nSPS) is 11.6. The van der Waals surface area contributed by atoms with Gasteiger partial charge in [-0.05, 0) is 66.9 Å². The molecule has 0 radical (unpaired) electrons. The molecule has 0 aliphatic carbocycles. The summed E-state index contributed by atoms with van der Waals surface area (Å²) in [6.45, 7) is 3.54. The molecule has 2 aromatic carbocycles. The minimum atomic E-state index is -3.42. The van der Waals surface area contributed by atoms with Gasteiger partial charge in [0.25, 0.3) is 0 Å². The van der Waals surface area contributed by atoms with Gasteiger partial charge >= 0.3 is 0 Å². The number of amides is 1. The van der Waals surface area contributed by atoms with Gasteiger partial charge in [-0.2, -0.15) is 0 Å². The lowest BCUT2D eigenvalue weighted by atomic mass is 10.1. The molecule has 5 nitrogen and oxygen atoms in total. The zero-order chi connectivity index (χ0) is 22.4. The Balaban J connectivity index is 1.68. The summed E-state index contributed by atoms with van der Waals surface area (Å²) in [5.74, 6) is -0.574. The van der Waals surface area contributed by atoms with Crippen LogP contribution < -0.4 is 10.0 Å². The van der Waals surface area contributed by atoms with Gasteiger partial charge < -0.3 is 5.32 Å². The van der Waals surface area contributed by atoms with Crippen molar-refractivity contribution in [2.75, 3.05) is 15.8 Å². The zero-order valence-electron chi connectivity index (χ0n) is 17.2. The summed E-state index contributed by atoms with van der Waals surface area (Å²) in [6, 6.07) is 15.1. The van der Waals surface area contributed by atoms with Crippen molar-refractivity contribution in [1.29, 1.82) is 0 Å². The number of halogens is 1. The van der Waals surface area contributed by atoms with Crippen molar-refractivity contribution in [3.63, 3.8) is 0 Å². The average molecular weight is 459 g/mol. The number of thiophene rings is 1. The van der Waals surface area contributed by atoms with Crippen LogP contribution in [0.25, 0.3) is 16.5 Å². The van der Waals surface area contributed by atoms with E-state index >= 15 is 0 Å². The van der Waals surface area contributed by atoms with Gasteiger partial charge in [0.2, 0.25) is 15.9 Å². The number of nitrogens with one attached hydrogen (secondary N) is 2. The lowest BCUT2D eigenvalue weighted by Crippen LogP contribution is -2.17. The van der Waals surface area contributed by atoms with Crippen molar-refractivity contribution in [2.45, 2.75) is 20.3 Å². The first kappa shape index (κ1) is 22.7. The van der Waals surface area contributed by atoms with Gasteiger partial charge in [-0.15, -0.1) is 11.3 Å². The van der Waals surface area contributed by atoms with Crippen molar-refractivity contribution in [3.05, 3.63) is 76.9 Å². The van der Waals surface area contributed by atoms with E-state index in [9.17, 15) is 17.6 Å². The molecule has 0 bridgehead atoms. The van der Waals surface area contributed by atoms with E-state index in [0.717, 1.165) is 15.3 Å². The smallest absolute Gasteiger partial charge is 0.248 e. The third kappa shape index (κ3) is 6.26. The van der Waals surface area contributed by atoms with Crippen molar-refractivity contribution in [2.24, 2.45) is 0 Å². The van der Waals surface area contributed by atoms with E-state index in [1.54, 1.807) is 50.3 Å². The summed E-state index contributed by atoms with van der Waals surface area (Å²) in [7, 11) is -3.42. The predicted molar refractivity (Wildman–Crippen MR) is 126 cm³/mol. The number of hydrogen-bond acceptors (Lipinski definition) is 4.